The fourth-order valence-electron chi connectivity index (χ4n) is 5.50. The molecule has 6 aromatic rings. The molecular weight excluding hydrogens is 691 g/mol. The minimum atomic E-state index is -3.77. The Morgan fingerprint density at radius 1 is 0.898 bits per heavy atom. The summed E-state index contributed by atoms with van der Waals surface area (Å²) in [6, 6.07) is 27.2. The normalized spacial score (nSPS) is 13.9. The molecule has 0 N–H and O–H groups in total. The van der Waals surface area contributed by atoms with Crippen LogP contribution in [0.3, 0.4) is 0 Å². The second kappa shape index (κ2) is 14.1. The van der Waals surface area contributed by atoms with E-state index < -0.39 is 21.8 Å². The van der Waals surface area contributed by atoms with Gasteiger partial charge in [-0.3, -0.25) is 13.9 Å². The van der Waals surface area contributed by atoms with Gasteiger partial charge in [0, 0.05) is 35.4 Å². The van der Waals surface area contributed by atoms with Crippen molar-refractivity contribution < 1.29 is 27.1 Å². The zero-order valence-electron chi connectivity index (χ0n) is 25.8. The van der Waals surface area contributed by atoms with E-state index >= 15 is 0 Å². The van der Waals surface area contributed by atoms with Crippen molar-refractivity contribution in [1.82, 2.24) is 28.6 Å². The van der Waals surface area contributed by atoms with Gasteiger partial charge in [0.2, 0.25) is 10.0 Å². The number of para-hydroxylation sites is 1. The van der Waals surface area contributed by atoms with E-state index in [9.17, 15) is 17.6 Å². The fraction of sp³-hybridized carbons (Fsp3) is 0.176. The predicted octanol–water partition coefficient (Wildman–Crippen LogP) is 5.92. The Bertz CT molecular complexity index is 2260. The number of aromatic nitrogens is 5. The van der Waals surface area contributed by atoms with Crippen LogP contribution in [0.1, 0.15) is 5.82 Å². The molecule has 2 aromatic heterocycles. The van der Waals surface area contributed by atoms with Gasteiger partial charge in [0.15, 0.2) is 16.8 Å². The molecule has 4 aromatic carbocycles. The number of rotatable bonds is 10. The molecule has 0 saturated carbocycles. The Hall–Kier alpha value is -4.60. The molecule has 0 amide bonds. The third-order valence-electron chi connectivity index (χ3n) is 7.78. The quantitative estimate of drug-likeness (QED) is 0.126. The number of ether oxygens (including phenoxy) is 2. The Labute approximate surface area is 290 Å². The summed E-state index contributed by atoms with van der Waals surface area (Å²) in [5, 5.41) is 9.59. The van der Waals surface area contributed by atoms with E-state index in [4.69, 9.17) is 21.1 Å². The van der Waals surface area contributed by atoms with Crippen LogP contribution in [0.5, 0.6) is 0 Å². The van der Waals surface area contributed by atoms with Crippen LogP contribution < -0.4 is 0 Å². The van der Waals surface area contributed by atoms with E-state index in [0.29, 0.717) is 57.3 Å². The van der Waals surface area contributed by atoms with Crippen LogP contribution in [0, 0.1) is 5.82 Å². The molecule has 0 atom stereocenters. The summed E-state index contributed by atoms with van der Waals surface area (Å²) in [5.41, 5.74) is 2.99. The zero-order valence-corrected chi connectivity index (χ0v) is 28.2. The third-order valence-corrected chi connectivity index (χ3v) is 10.8. The van der Waals surface area contributed by atoms with Gasteiger partial charge in [-0.15, -0.1) is 10.2 Å². The van der Waals surface area contributed by atoms with E-state index in [2.05, 4.69) is 15.2 Å². The summed E-state index contributed by atoms with van der Waals surface area (Å²) in [6.07, 6.45) is 0. The molecule has 7 rings (SSSR count). The first-order valence-corrected chi connectivity index (χ1v) is 18.0. The number of esters is 1. The maximum atomic E-state index is 14.2. The topological polar surface area (TPSA) is 121 Å². The van der Waals surface area contributed by atoms with Crippen molar-refractivity contribution in [3.05, 3.63) is 114 Å². The van der Waals surface area contributed by atoms with E-state index in [1.807, 2.05) is 36.4 Å². The lowest BCUT2D eigenvalue weighted by atomic mass is 10.2. The first kappa shape index (κ1) is 32.9. The third kappa shape index (κ3) is 6.96. The standard InChI is InChI=1S/C34H28ClFN6O5S2/c35-24-7-5-10-27(19-24)42-33(23-6-4-11-28(18-23)49(44,45)40-14-16-46-17-15-40)38-39-34(42)48-22-32(43)47-21-31-37-29-13-12-25(36)20-30(29)41(31)26-8-2-1-3-9-26/h1-13,18-20H,14-17,21-22H2. The average Bonchev–Trinajstić information content (AvgIpc) is 3.72. The smallest absolute Gasteiger partial charge is 0.316 e. The van der Waals surface area contributed by atoms with Gasteiger partial charge in [-0.25, -0.2) is 17.8 Å². The molecule has 49 heavy (non-hydrogen) atoms. The first-order chi connectivity index (χ1) is 23.8. The molecule has 0 unspecified atom stereocenters. The van der Waals surface area contributed by atoms with Gasteiger partial charge in [0.1, 0.15) is 12.4 Å². The Balaban J connectivity index is 1.14. The first-order valence-electron chi connectivity index (χ1n) is 15.2. The minimum Gasteiger partial charge on any atom is -0.457 e. The maximum absolute atomic E-state index is 14.2. The molecule has 0 radical (unpaired) electrons. The van der Waals surface area contributed by atoms with Gasteiger partial charge in [0.05, 0.1) is 40.6 Å². The molecule has 0 bridgehead atoms. The second-order valence-corrected chi connectivity index (χ2v) is 14.3. The number of hydrogen-bond acceptors (Lipinski definition) is 9. The Morgan fingerprint density at radius 2 is 1.67 bits per heavy atom. The molecule has 250 valence electrons. The van der Waals surface area contributed by atoms with Crippen LogP contribution in [0.4, 0.5) is 4.39 Å². The van der Waals surface area contributed by atoms with Gasteiger partial charge in [-0.05, 0) is 54.6 Å². The molecule has 15 heteroatoms. The lowest BCUT2D eigenvalue weighted by Gasteiger charge is -2.26. The molecule has 1 fully saturated rings. The number of carbonyl (C=O) groups is 1. The number of halogens is 2. The number of carbonyl (C=O) groups excluding carboxylic acids is 1. The van der Waals surface area contributed by atoms with Gasteiger partial charge < -0.3 is 9.47 Å². The highest BCUT2D eigenvalue weighted by molar-refractivity contribution is 7.99. The van der Waals surface area contributed by atoms with E-state index in [-0.39, 0.29) is 30.3 Å². The number of nitrogens with zero attached hydrogens (tertiary/aromatic N) is 6. The molecule has 0 aliphatic carbocycles. The number of hydrogen-bond donors (Lipinski definition) is 0. The maximum Gasteiger partial charge on any atom is 0.316 e. The molecule has 1 aliphatic rings. The Morgan fingerprint density at radius 3 is 2.47 bits per heavy atom. The van der Waals surface area contributed by atoms with Crippen molar-refractivity contribution >= 4 is 50.4 Å². The van der Waals surface area contributed by atoms with Crippen LogP contribution in [0.25, 0.3) is 33.8 Å². The second-order valence-electron chi connectivity index (χ2n) is 10.9. The average molecular weight is 719 g/mol. The molecule has 1 saturated heterocycles. The number of imidazole rings is 1. The summed E-state index contributed by atoms with van der Waals surface area (Å²) < 4.78 is 56.8. The zero-order chi connectivity index (χ0) is 34.0. The summed E-state index contributed by atoms with van der Waals surface area (Å²) in [4.78, 5) is 17.8. The van der Waals surface area contributed by atoms with Crippen molar-refractivity contribution in [2.24, 2.45) is 0 Å². The van der Waals surface area contributed by atoms with Crippen LogP contribution in [-0.4, -0.2) is 75.1 Å². The van der Waals surface area contributed by atoms with Crippen molar-refractivity contribution in [1.29, 1.82) is 0 Å². The largest absolute Gasteiger partial charge is 0.457 e. The van der Waals surface area contributed by atoms with Gasteiger partial charge in [-0.1, -0.05) is 59.8 Å². The predicted molar refractivity (Wildman–Crippen MR) is 183 cm³/mol. The molecule has 3 heterocycles. The Kier molecular flexibility index (Phi) is 9.47. The summed E-state index contributed by atoms with van der Waals surface area (Å²) in [6.45, 7) is 1.05. The highest BCUT2D eigenvalue weighted by Gasteiger charge is 2.27. The van der Waals surface area contributed by atoms with Crippen molar-refractivity contribution in [3.8, 4) is 22.8 Å². The van der Waals surface area contributed by atoms with Gasteiger partial charge >= 0.3 is 5.97 Å². The summed E-state index contributed by atoms with van der Waals surface area (Å²) in [5.74, 6) is -0.270. The lowest BCUT2D eigenvalue weighted by molar-refractivity contribution is -0.141. The van der Waals surface area contributed by atoms with Crippen molar-refractivity contribution in [2.75, 3.05) is 32.1 Å². The number of benzene rings is 4. The van der Waals surface area contributed by atoms with Gasteiger partial charge in [0.25, 0.3) is 0 Å². The summed E-state index contributed by atoms with van der Waals surface area (Å²) >= 11 is 7.45. The lowest BCUT2D eigenvalue weighted by Crippen LogP contribution is -2.40. The summed E-state index contributed by atoms with van der Waals surface area (Å²) in [7, 11) is -3.77. The van der Waals surface area contributed by atoms with E-state index in [1.165, 1.54) is 16.4 Å². The highest BCUT2D eigenvalue weighted by Crippen LogP contribution is 2.31. The molecule has 11 nitrogen and oxygen atoms in total. The van der Waals surface area contributed by atoms with Crippen molar-refractivity contribution in [2.45, 2.75) is 16.7 Å². The number of fused-ring (bicyclic) bond motifs is 1. The van der Waals surface area contributed by atoms with Crippen molar-refractivity contribution in [3.63, 3.8) is 0 Å². The number of thioether (sulfide) groups is 1. The molecular formula is C34H28ClFN6O5S2. The van der Waals surface area contributed by atoms with E-state index in [1.54, 1.807) is 57.7 Å². The van der Waals surface area contributed by atoms with Crippen LogP contribution in [0.15, 0.2) is 107 Å². The number of sulfonamides is 1. The fourth-order valence-corrected chi connectivity index (χ4v) is 7.89. The number of morpholine rings is 1. The monoisotopic (exact) mass is 718 g/mol. The molecule has 1 aliphatic heterocycles. The van der Waals surface area contributed by atoms with Gasteiger partial charge in [-0.2, -0.15) is 4.31 Å². The highest BCUT2D eigenvalue weighted by atomic mass is 35.5. The SMILES string of the molecule is O=C(CSc1nnc(-c2cccc(S(=O)(=O)N3CCOCC3)c2)n1-c1cccc(Cl)c1)OCc1nc2ccc(F)cc2n1-c1ccccc1. The molecule has 0 spiro atoms. The minimum absolute atomic E-state index is 0.120. The van der Waals surface area contributed by atoms with Crippen LogP contribution >= 0.6 is 23.4 Å². The van der Waals surface area contributed by atoms with Crippen LogP contribution in [-0.2, 0) is 30.9 Å². The van der Waals surface area contributed by atoms with E-state index in [0.717, 1.165) is 17.4 Å². The van der Waals surface area contributed by atoms with Crippen LogP contribution in [0.2, 0.25) is 5.02 Å².